The van der Waals surface area contributed by atoms with Crippen LogP contribution in [0.25, 0.3) is 0 Å². The molecule has 1 amide bonds. The molecule has 1 saturated heterocycles. The molecule has 16 heavy (non-hydrogen) atoms. The molecule has 1 heterocycles. The van der Waals surface area contributed by atoms with Crippen molar-refractivity contribution in [1.29, 1.82) is 0 Å². The van der Waals surface area contributed by atoms with Crippen LogP contribution in [0.1, 0.15) is 0 Å². The summed E-state index contributed by atoms with van der Waals surface area (Å²) in [4.78, 5) is 10.9. The first kappa shape index (κ1) is 13.1. The molecule has 0 aliphatic carbocycles. The first-order valence-corrected chi connectivity index (χ1v) is 4.66. The number of amides is 1. The lowest BCUT2D eigenvalue weighted by Gasteiger charge is -2.40. The molecule has 8 nitrogen and oxygen atoms in total. The summed E-state index contributed by atoms with van der Waals surface area (Å²) in [6.07, 6.45) is -6.39. The van der Waals surface area contributed by atoms with Crippen molar-refractivity contribution in [3.63, 3.8) is 0 Å². The highest BCUT2D eigenvalue weighted by atomic mass is 16.6. The van der Waals surface area contributed by atoms with Gasteiger partial charge in [0, 0.05) is 0 Å². The van der Waals surface area contributed by atoms with Gasteiger partial charge in [-0.25, -0.2) is 4.79 Å². The highest BCUT2D eigenvalue weighted by molar-refractivity contribution is 5.67. The van der Waals surface area contributed by atoms with Crippen LogP contribution in [0.5, 0.6) is 0 Å². The Bertz CT molecular complexity index is 249. The van der Waals surface area contributed by atoms with E-state index in [0.717, 1.165) is 7.11 Å². The predicted molar refractivity (Wildman–Crippen MR) is 49.3 cm³/mol. The smallest absolute Gasteiger partial charge is 0.407 e. The molecule has 8 heteroatoms. The van der Waals surface area contributed by atoms with Crippen LogP contribution in [0.2, 0.25) is 0 Å². The highest BCUT2D eigenvalue weighted by Gasteiger charge is 2.44. The average Bonchev–Trinajstić information content (AvgIpc) is 2.28. The number of methoxy groups -OCH3 is 1. The second-order valence-electron chi connectivity index (χ2n) is 3.39. The minimum absolute atomic E-state index is 0.551. The van der Waals surface area contributed by atoms with Gasteiger partial charge in [0.05, 0.1) is 19.8 Å². The number of carbonyl (C=O) groups excluding carboxylic acids is 1. The molecule has 94 valence electrons. The van der Waals surface area contributed by atoms with Crippen LogP contribution < -0.4 is 5.32 Å². The lowest BCUT2D eigenvalue weighted by molar-refractivity contribution is -0.261. The lowest BCUT2D eigenvalue weighted by Crippen LogP contribution is -2.64. The average molecular weight is 237 g/mol. The van der Waals surface area contributed by atoms with E-state index >= 15 is 0 Å². The Hall–Kier alpha value is -0.930. The largest absolute Gasteiger partial charge is 0.453 e. The van der Waals surface area contributed by atoms with Crippen molar-refractivity contribution in [2.24, 2.45) is 0 Å². The summed E-state index contributed by atoms with van der Waals surface area (Å²) < 4.78 is 9.02. The van der Waals surface area contributed by atoms with Crippen molar-refractivity contribution < 1.29 is 34.7 Å². The van der Waals surface area contributed by atoms with Gasteiger partial charge in [-0.3, -0.25) is 0 Å². The molecule has 0 aromatic rings. The van der Waals surface area contributed by atoms with Gasteiger partial charge in [0.2, 0.25) is 0 Å². The number of carbonyl (C=O) groups is 1. The van der Waals surface area contributed by atoms with E-state index in [0.29, 0.717) is 0 Å². The van der Waals surface area contributed by atoms with Gasteiger partial charge in [0.15, 0.2) is 6.29 Å². The number of aliphatic hydroxyl groups excluding tert-OH is 4. The summed E-state index contributed by atoms with van der Waals surface area (Å²) in [7, 11) is 1.12. The maximum atomic E-state index is 10.9. The van der Waals surface area contributed by atoms with Gasteiger partial charge in [-0.1, -0.05) is 0 Å². The standard InChI is InChI=1S/C8H15NO7/c1-15-8(14)9-4-5(11)3(2-10)16-7(13)6(4)12/h3-7,10-13H,2H2,1H3,(H,9,14)/t3-,4-,5-,6+,7+/m1/s1. The van der Waals surface area contributed by atoms with E-state index in [2.05, 4.69) is 10.1 Å². The number of hydrogen-bond donors (Lipinski definition) is 5. The molecule has 1 rings (SSSR count). The Balaban J connectivity index is 2.72. The summed E-state index contributed by atoms with van der Waals surface area (Å²) in [5.74, 6) is 0. The zero-order valence-electron chi connectivity index (χ0n) is 8.61. The fourth-order valence-corrected chi connectivity index (χ4v) is 1.47. The number of nitrogens with one attached hydrogen (secondary N) is 1. The number of aliphatic hydroxyl groups is 4. The Labute approximate surface area is 91.4 Å². The third kappa shape index (κ3) is 2.60. The summed E-state index contributed by atoms with van der Waals surface area (Å²) in [6, 6.07) is -1.17. The van der Waals surface area contributed by atoms with Crippen molar-refractivity contribution in [3.05, 3.63) is 0 Å². The van der Waals surface area contributed by atoms with Crippen LogP contribution in [0.15, 0.2) is 0 Å². The Morgan fingerprint density at radius 3 is 2.50 bits per heavy atom. The van der Waals surface area contributed by atoms with Gasteiger partial charge in [0.25, 0.3) is 0 Å². The monoisotopic (exact) mass is 237 g/mol. The zero-order valence-corrected chi connectivity index (χ0v) is 8.61. The SMILES string of the molecule is COC(=O)N[C@H]1[C@H](O)[C@@H](O)O[C@H](CO)[C@H]1O. The summed E-state index contributed by atoms with van der Waals surface area (Å²) >= 11 is 0. The quantitative estimate of drug-likeness (QED) is 0.349. The molecular formula is C8H15NO7. The maximum Gasteiger partial charge on any atom is 0.407 e. The fourth-order valence-electron chi connectivity index (χ4n) is 1.47. The van der Waals surface area contributed by atoms with Crippen molar-refractivity contribution >= 4 is 6.09 Å². The normalized spacial score (nSPS) is 39.2. The van der Waals surface area contributed by atoms with E-state index in [1.807, 2.05) is 0 Å². The molecule has 1 aliphatic rings. The molecule has 1 fully saturated rings. The molecule has 0 bridgehead atoms. The summed E-state index contributed by atoms with van der Waals surface area (Å²) in [5.41, 5.74) is 0. The van der Waals surface area contributed by atoms with E-state index in [4.69, 9.17) is 9.84 Å². The Morgan fingerprint density at radius 1 is 1.38 bits per heavy atom. The molecule has 0 aromatic carbocycles. The van der Waals surface area contributed by atoms with E-state index in [1.165, 1.54) is 0 Å². The van der Waals surface area contributed by atoms with Crippen molar-refractivity contribution in [2.45, 2.75) is 30.6 Å². The van der Waals surface area contributed by atoms with E-state index in [9.17, 15) is 20.1 Å². The van der Waals surface area contributed by atoms with E-state index in [-0.39, 0.29) is 0 Å². The summed E-state index contributed by atoms with van der Waals surface area (Å²) in [6.45, 7) is -0.551. The lowest BCUT2D eigenvalue weighted by atomic mass is 9.96. The van der Waals surface area contributed by atoms with Gasteiger partial charge in [-0.05, 0) is 0 Å². The van der Waals surface area contributed by atoms with Crippen molar-refractivity contribution in [1.82, 2.24) is 5.32 Å². The number of hydrogen-bond acceptors (Lipinski definition) is 7. The second kappa shape index (κ2) is 5.41. The van der Waals surface area contributed by atoms with Gasteiger partial charge in [-0.2, -0.15) is 0 Å². The van der Waals surface area contributed by atoms with Gasteiger partial charge < -0.3 is 35.2 Å². The van der Waals surface area contributed by atoms with Crippen LogP contribution in [-0.4, -0.2) is 70.9 Å². The van der Waals surface area contributed by atoms with E-state index < -0.39 is 43.3 Å². The highest BCUT2D eigenvalue weighted by Crippen LogP contribution is 2.19. The predicted octanol–water partition coefficient (Wildman–Crippen LogP) is -2.86. The van der Waals surface area contributed by atoms with Crippen molar-refractivity contribution in [3.8, 4) is 0 Å². The third-order valence-electron chi connectivity index (χ3n) is 2.37. The maximum absolute atomic E-state index is 10.9. The molecule has 5 N–H and O–H groups in total. The first-order chi connectivity index (χ1) is 7.51. The molecular weight excluding hydrogens is 222 g/mol. The number of ether oxygens (including phenoxy) is 2. The Kier molecular flexibility index (Phi) is 4.44. The minimum atomic E-state index is -1.59. The van der Waals surface area contributed by atoms with Crippen LogP contribution in [0.3, 0.4) is 0 Å². The van der Waals surface area contributed by atoms with Crippen LogP contribution in [0, 0.1) is 0 Å². The third-order valence-corrected chi connectivity index (χ3v) is 2.37. The molecule has 0 spiro atoms. The topological polar surface area (TPSA) is 128 Å². The molecule has 1 aliphatic heterocycles. The zero-order chi connectivity index (χ0) is 12.3. The molecule has 0 unspecified atom stereocenters. The molecule has 0 saturated carbocycles. The van der Waals surface area contributed by atoms with Gasteiger partial charge in [-0.15, -0.1) is 0 Å². The van der Waals surface area contributed by atoms with Crippen LogP contribution in [-0.2, 0) is 9.47 Å². The van der Waals surface area contributed by atoms with Gasteiger partial charge >= 0.3 is 6.09 Å². The fraction of sp³-hybridized carbons (Fsp3) is 0.875. The van der Waals surface area contributed by atoms with E-state index in [1.54, 1.807) is 0 Å². The minimum Gasteiger partial charge on any atom is -0.453 e. The Morgan fingerprint density at radius 2 is 2.00 bits per heavy atom. The summed E-state index contributed by atoms with van der Waals surface area (Å²) in [5, 5.41) is 39.4. The van der Waals surface area contributed by atoms with Crippen LogP contribution >= 0.6 is 0 Å². The molecule has 0 radical (unpaired) electrons. The van der Waals surface area contributed by atoms with Gasteiger partial charge in [0.1, 0.15) is 18.3 Å². The van der Waals surface area contributed by atoms with Crippen molar-refractivity contribution in [2.75, 3.05) is 13.7 Å². The second-order valence-corrected chi connectivity index (χ2v) is 3.39. The first-order valence-electron chi connectivity index (χ1n) is 4.66. The molecule has 0 aromatic heterocycles. The van der Waals surface area contributed by atoms with Crippen LogP contribution in [0.4, 0.5) is 4.79 Å². The number of rotatable bonds is 2. The molecule has 5 atom stereocenters. The number of alkyl carbamates (subject to hydrolysis) is 1.